The summed E-state index contributed by atoms with van der Waals surface area (Å²) in [6.45, 7) is 2.61. The number of ether oxygens (including phenoxy) is 3. The van der Waals surface area contributed by atoms with Crippen molar-refractivity contribution in [3.8, 4) is 0 Å². The molecule has 18 heteroatoms. The van der Waals surface area contributed by atoms with Crippen LogP contribution < -0.4 is 0 Å². The number of phosphoric acid groups is 2. The summed E-state index contributed by atoms with van der Waals surface area (Å²) >= 11 is 0. The second kappa shape index (κ2) is 93.1. The number of carbonyl (C=O) groups is 3. The third-order valence-electron chi connectivity index (χ3n) is 21.1. The largest absolute Gasteiger partial charge is 0.472 e. The number of carbonyl (C=O) groups excluding carboxylic acids is 3. The molecule has 0 heterocycles. The van der Waals surface area contributed by atoms with E-state index in [9.17, 15) is 43.5 Å². The Balaban J connectivity index is 4.39. The fraction of sp³-hybridized carbons (Fsp3) is 0.772. The molecule has 0 bridgehead atoms. The first-order chi connectivity index (χ1) is 58.2. The molecule has 0 saturated carbocycles. The predicted molar refractivity (Wildman–Crippen MR) is 500 cm³/mol. The highest BCUT2D eigenvalue weighted by Gasteiger charge is 2.30. The summed E-state index contributed by atoms with van der Waals surface area (Å²) in [6, 6.07) is 0. The van der Waals surface area contributed by atoms with Crippen molar-refractivity contribution in [3.63, 3.8) is 0 Å². The molecule has 690 valence electrons. The molecule has 4 N–H and O–H groups in total. The molecule has 0 spiro atoms. The Morgan fingerprint density at radius 2 is 0.445 bits per heavy atom. The number of aliphatic hydroxyl groups excluding tert-OH is 2. The van der Waals surface area contributed by atoms with Crippen molar-refractivity contribution in [2.45, 2.75) is 463 Å². The molecule has 0 radical (unpaired) electrons. The van der Waals surface area contributed by atoms with Crippen molar-refractivity contribution >= 4 is 33.6 Å². The molecule has 5 atom stereocenters. The van der Waals surface area contributed by atoms with Gasteiger partial charge >= 0.3 is 33.6 Å². The third kappa shape index (κ3) is 94.5. The third-order valence-corrected chi connectivity index (χ3v) is 23.0. The monoisotopic (exact) mass is 1710 g/mol. The Bertz CT molecular complexity index is 2640. The number of rotatable bonds is 93. The van der Waals surface area contributed by atoms with E-state index in [-0.39, 0.29) is 19.3 Å². The van der Waals surface area contributed by atoms with Gasteiger partial charge in [0.2, 0.25) is 0 Å². The van der Waals surface area contributed by atoms with Crippen molar-refractivity contribution in [1.29, 1.82) is 0 Å². The summed E-state index contributed by atoms with van der Waals surface area (Å²) in [5, 5.41) is 20.7. The number of unbranched alkanes of at least 4 members (excludes halogenated alkanes) is 50. The van der Waals surface area contributed by atoms with Crippen LogP contribution >= 0.6 is 15.6 Å². The van der Waals surface area contributed by atoms with Gasteiger partial charge in [-0.05, 0) is 135 Å². The number of allylic oxidation sites excluding steroid dienone is 20. The molecule has 16 nitrogen and oxygen atoms in total. The van der Waals surface area contributed by atoms with Gasteiger partial charge in [-0.1, -0.05) is 412 Å². The first-order valence-electron chi connectivity index (χ1n) is 48.8. The van der Waals surface area contributed by atoms with Crippen molar-refractivity contribution in [1.82, 2.24) is 0 Å². The van der Waals surface area contributed by atoms with Crippen LogP contribution in [0, 0.1) is 0 Å². The minimum atomic E-state index is -4.94. The minimum Gasteiger partial charge on any atom is -0.463 e. The van der Waals surface area contributed by atoms with Gasteiger partial charge in [-0.25, -0.2) is 9.13 Å². The van der Waals surface area contributed by atoms with E-state index in [1.807, 2.05) is 0 Å². The van der Waals surface area contributed by atoms with Crippen LogP contribution in [0.15, 0.2) is 122 Å². The van der Waals surface area contributed by atoms with E-state index >= 15 is 0 Å². The SMILES string of the molecule is CC/C=C\C/C=C\C/C=C\C/C=C\C/C=C\CCCCCCCCCCCCCCCCCCCC(=O)OCC(COP(=O)(O)OCC(O)COP(=O)(O)OCC(O)COC(=O)CCCCCCCCCCCCCCCCCCCCC/C=C\C/C=C\C/C=C\C/C=C\CCCCC)OC(=O)CCCCCCC/C=C\CCCCCCCC. The van der Waals surface area contributed by atoms with Gasteiger partial charge in [-0.15, -0.1) is 0 Å². The molecule has 0 aromatic rings. The topological polar surface area (TPSA) is 231 Å². The lowest BCUT2D eigenvalue weighted by Gasteiger charge is -2.21. The van der Waals surface area contributed by atoms with E-state index in [1.165, 1.54) is 257 Å². The number of hydrogen-bond acceptors (Lipinski definition) is 14. The summed E-state index contributed by atoms with van der Waals surface area (Å²) in [7, 11) is -9.80. The Labute approximate surface area is 729 Å². The number of phosphoric ester groups is 2. The Kier molecular flexibility index (Phi) is 89.9. The molecule has 0 aromatic heterocycles. The normalized spacial score (nSPS) is 14.2. The summed E-state index contributed by atoms with van der Waals surface area (Å²) in [5.41, 5.74) is 0. The maximum atomic E-state index is 13.0. The zero-order valence-corrected chi connectivity index (χ0v) is 78.1. The Hall–Kier alpha value is -4.05. The highest BCUT2D eigenvalue weighted by Crippen LogP contribution is 2.45. The van der Waals surface area contributed by atoms with Crippen LogP contribution in [0.25, 0.3) is 0 Å². The van der Waals surface area contributed by atoms with Crippen molar-refractivity contribution in [2.75, 3.05) is 39.6 Å². The molecule has 0 rings (SSSR count). The average Bonchev–Trinajstić information content (AvgIpc) is 0.900. The van der Waals surface area contributed by atoms with Crippen LogP contribution in [0.4, 0.5) is 0 Å². The zero-order valence-electron chi connectivity index (χ0n) is 76.3. The molecule has 119 heavy (non-hydrogen) atoms. The van der Waals surface area contributed by atoms with Crippen LogP contribution in [0.2, 0.25) is 0 Å². The molecule has 0 fully saturated rings. The molecule has 0 aromatic carbocycles. The van der Waals surface area contributed by atoms with Crippen molar-refractivity contribution in [3.05, 3.63) is 122 Å². The molecule has 0 aliphatic carbocycles. The number of hydrogen-bond donors (Lipinski definition) is 4. The predicted octanol–water partition coefficient (Wildman–Crippen LogP) is 30.3. The van der Waals surface area contributed by atoms with Crippen LogP contribution in [0.3, 0.4) is 0 Å². The molecule has 0 amide bonds. The number of aliphatic hydroxyl groups is 2. The smallest absolute Gasteiger partial charge is 0.463 e. The van der Waals surface area contributed by atoms with Crippen LogP contribution in [-0.2, 0) is 55.8 Å². The standard InChI is InChI=1S/C101H180O16P2/c1-4-7-10-13-16-19-22-25-28-30-32-34-36-38-40-42-44-46-47-49-51-52-54-56-58-60-62-64-67-69-72-75-78-81-84-87-99(104)111-90-96(102)91-113-118(107,108)114-92-97(103)93-115-119(109,110)116-95-98(117-101(106)89-86-83-80-77-74-71-66-27-24-21-18-15-12-9-6-3)94-112-100(105)88-85-82-79-76-73-70-68-65-63-61-59-57-55-53-50-48-45-43-41-39-37-35-33-31-29-26-23-20-17-14-11-8-5-2/h8,11,16-17,19-20,25-29,32-35,38-41,66,96-98,102-103H,4-7,9-10,12-15,18,21-24,30-31,36-37,42-65,67-95H2,1-3H3,(H,107,108)(H,109,110)/b11-8-,19-16-,20-17-,28-25-,29-26-,34-32-,35-33-,40-38-,41-39-,66-27-. The average molecular weight is 1710 g/mol. The molecule has 0 saturated heterocycles. The molecular weight excluding hydrogens is 1530 g/mol. The van der Waals surface area contributed by atoms with E-state index < -0.39 is 91.5 Å². The number of esters is 3. The van der Waals surface area contributed by atoms with Crippen molar-refractivity contribution in [2.24, 2.45) is 0 Å². The molecule has 0 aliphatic heterocycles. The quantitative estimate of drug-likeness (QED) is 0.0146. The molecular formula is C101H180O16P2. The minimum absolute atomic E-state index is 0.0970. The van der Waals surface area contributed by atoms with E-state index in [0.717, 1.165) is 128 Å². The highest BCUT2D eigenvalue weighted by atomic mass is 31.2. The fourth-order valence-electron chi connectivity index (χ4n) is 13.8. The van der Waals surface area contributed by atoms with Gasteiger partial charge in [-0.2, -0.15) is 0 Å². The summed E-state index contributed by atoms with van der Waals surface area (Å²) in [4.78, 5) is 59.0. The first-order valence-corrected chi connectivity index (χ1v) is 51.8. The fourth-order valence-corrected chi connectivity index (χ4v) is 15.3. The van der Waals surface area contributed by atoms with Gasteiger partial charge in [0.1, 0.15) is 25.4 Å². The lowest BCUT2D eigenvalue weighted by atomic mass is 10.0. The Morgan fingerprint density at radius 3 is 0.731 bits per heavy atom. The van der Waals surface area contributed by atoms with Gasteiger partial charge in [0.25, 0.3) is 0 Å². The second-order valence-corrected chi connectivity index (χ2v) is 35.7. The summed E-state index contributed by atoms with van der Waals surface area (Å²) in [5.74, 6) is -1.56. The second-order valence-electron chi connectivity index (χ2n) is 32.8. The Morgan fingerprint density at radius 1 is 0.244 bits per heavy atom. The summed E-state index contributed by atoms with van der Waals surface area (Å²) in [6.07, 6.45) is 116. The lowest BCUT2D eigenvalue weighted by molar-refractivity contribution is -0.161. The van der Waals surface area contributed by atoms with E-state index in [1.54, 1.807) is 0 Å². The van der Waals surface area contributed by atoms with Gasteiger partial charge in [0.15, 0.2) is 6.10 Å². The van der Waals surface area contributed by atoms with Gasteiger partial charge in [0, 0.05) is 19.3 Å². The van der Waals surface area contributed by atoms with Gasteiger partial charge in [0.05, 0.1) is 26.4 Å². The maximum absolute atomic E-state index is 13.0. The van der Waals surface area contributed by atoms with Crippen molar-refractivity contribution < 1.29 is 75.8 Å². The van der Waals surface area contributed by atoms with Gasteiger partial charge < -0.3 is 34.2 Å². The van der Waals surface area contributed by atoms with Crippen LogP contribution in [-0.4, -0.2) is 95.9 Å². The molecule has 0 aliphatic rings. The first kappa shape index (κ1) is 115. The van der Waals surface area contributed by atoms with Crippen LogP contribution in [0.1, 0.15) is 445 Å². The summed E-state index contributed by atoms with van der Waals surface area (Å²) < 4.78 is 61.5. The maximum Gasteiger partial charge on any atom is 0.472 e. The zero-order chi connectivity index (χ0) is 86.5. The van der Waals surface area contributed by atoms with E-state index in [4.69, 9.17) is 32.3 Å². The van der Waals surface area contributed by atoms with E-state index in [2.05, 4.69) is 142 Å². The van der Waals surface area contributed by atoms with E-state index in [0.29, 0.717) is 19.3 Å². The molecule has 5 unspecified atom stereocenters. The highest BCUT2D eigenvalue weighted by molar-refractivity contribution is 7.47. The van der Waals surface area contributed by atoms with Gasteiger partial charge in [-0.3, -0.25) is 32.5 Å². The lowest BCUT2D eigenvalue weighted by Crippen LogP contribution is -2.30. The van der Waals surface area contributed by atoms with Crippen LogP contribution in [0.5, 0.6) is 0 Å².